The van der Waals surface area contributed by atoms with Crippen LogP contribution in [0.25, 0.3) is 0 Å². The Morgan fingerprint density at radius 3 is 2.33 bits per heavy atom. The third-order valence-corrected chi connectivity index (χ3v) is 4.19. The van der Waals surface area contributed by atoms with E-state index in [4.69, 9.17) is 11.6 Å². The summed E-state index contributed by atoms with van der Waals surface area (Å²) < 4.78 is 40.3. The van der Waals surface area contributed by atoms with Crippen LogP contribution in [0, 0.1) is 5.92 Å². The van der Waals surface area contributed by atoms with Crippen molar-refractivity contribution in [3.63, 3.8) is 0 Å². The molecule has 0 spiro atoms. The summed E-state index contributed by atoms with van der Waals surface area (Å²) in [6.45, 7) is 2.22. The SMILES string of the molecule is CN(CC1CCNCC1)C(c1ccc(Cl)cc1)C(F)(F)F. The highest BCUT2D eigenvalue weighted by Crippen LogP contribution is 2.38. The van der Waals surface area contributed by atoms with Gasteiger partial charge in [0, 0.05) is 11.6 Å². The molecule has 1 N–H and O–H groups in total. The molecule has 2 rings (SSSR count). The molecule has 1 aromatic rings. The monoisotopic (exact) mass is 320 g/mol. The van der Waals surface area contributed by atoms with Gasteiger partial charge in [-0.15, -0.1) is 0 Å². The lowest BCUT2D eigenvalue weighted by Crippen LogP contribution is -2.41. The number of hydrogen-bond acceptors (Lipinski definition) is 2. The summed E-state index contributed by atoms with van der Waals surface area (Å²) in [6.07, 6.45) is -2.44. The van der Waals surface area contributed by atoms with Crippen molar-refractivity contribution < 1.29 is 13.2 Å². The fraction of sp³-hybridized carbons (Fsp3) is 0.600. The maximum absolute atomic E-state index is 13.4. The number of piperidine rings is 1. The molecule has 0 amide bonds. The standard InChI is InChI=1S/C15H20ClF3N2/c1-21(10-11-6-8-20-9-7-11)14(15(17,18)19)12-2-4-13(16)5-3-12/h2-5,11,14,20H,6-10H2,1H3. The Kier molecular flexibility index (Phi) is 5.52. The van der Waals surface area contributed by atoms with Gasteiger partial charge in [-0.05, 0) is 56.6 Å². The van der Waals surface area contributed by atoms with Gasteiger partial charge in [0.25, 0.3) is 0 Å². The lowest BCUT2D eigenvalue weighted by Gasteiger charge is -2.34. The summed E-state index contributed by atoms with van der Waals surface area (Å²) in [6, 6.07) is 4.35. The predicted octanol–water partition coefficient (Wildman–Crippen LogP) is 3.87. The molecule has 1 heterocycles. The van der Waals surface area contributed by atoms with Gasteiger partial charge in [-0.2, -0.15) is 13.2 Å². The number of hydrogen-bond donors (Lipinski definition) is 1. The van der Waals surface area contributed by atoms with E-state index in [1.165, 1.54) is 29.2 Å². The van der Waals surface area contributed by atoms with Gasteiger partial charge in [0.05, 0.1) is 0 Å². The Balaban J connectivity index is 2.13. The molecule has 1 unspecified atom stereocenters. The van der Waals surface area contributed by atoms with Crippen LogP contribution in [0.4, 0.5) is 13.2 Å². The first-order valence-corrected chi connectivity index (χ1v) is 7.49. The van der Waals surface area contributed by atoms with Gasteiger partial charge in [-0.3, -0.25) is 4.90 Å². The van der Waals surface area contributed by atoms with Crippen LogP contribution in [0.2, 0.25) is 5.02 Å². The molecule has 0 saturated carbocycles. The van der Waals surface area contributed by atoms with Gasteiger partial charge in [0.1, 0.15) is 6.04 Å². The number of nitrogens with one attached hydrogen (secondary N) is 1. The summed E-state index contributed by atoms with van der Waals surface area (Å²) in [7, 11) is 1.55. The van der Waals surface area contributed by atoms with E-state index in [0.29, 0.717) is 17.5 Å². The van der Waals surface area contributed by atoms with Crippen LogP contribution in [0.5, 0.6) is 0 Å². The lowest BCUT2D eigenvalue weighted by molar-refractivity contribution is -0.184. The molecular formula is C15H20ClF3N2. The van der Waals surface area contributed by atoms with Crippen LogP contribution < -0.4 is 5.32 Å². The Labute approximate surface area is 128 Å². The van der Waals surface area contributed by atoms with Gasteiger partial charge in [0.2, 0.25) is 0 Å². The molecule has 1 aliphatic rings. The Morgan fingerprint density at radius 2 is 1.81 bits per heavy atom. The first-order chi connectivity index (χ1) is 9.88. The quantitative estimate of drug-likeness (QED) is 0.906. The highest BCUT2D eigenvalue weighted by atomic mass is 35.5. The first kappa shape index (κ1) is 16.6. The molecule has 2 nitrogen and oxygen atoms in total. The van der Waals surface area contributed by atoms with Crippen molar-refractivity contribution >= 4 is 11.6 Å². The second-order valence-electron chi connectivity index (χ2n) is 5.63. The first-order valence-electron chi connectivity index (χ1n) is 7.11. The predicted molar refractivity (Wildman–Crippen MR) is 78.5 cm³/mol. The zero-order chi connectivity index (χ0) is 15.5. The van der Waals surface area contributed by atoms with Crippen LogP contribution in [-0.2, 0) is 0 Å². The average Bonchev–Trinajstić information content (AvgIpc) is 2.41. The molecule has 6 heteroatoms. The highest BCUT2D eigenvalue weighted by Gasteiger charge is 2.43. The van der Waals surface area contributed by atoms with Crippen molar-refractivity contribution in [3.05, 3.63) is 34.9 Å². The van der Waals surface area contributed by atoms with E-state index in [9.17, 15) is 13.2 Å². The fourth-order valence-corrected chi connectivity index (χ4v) is 3.04. The van der Waals surface area contributed by atoms with Gasteiger partial charge in [-0.1, -0.05) is 23.7 Å². The molecule has 1 atom stereocenters. The van der Waals surface area contributed by atoms with Crippen molar-refractivity contribution in [2.45, 2.75) is 25.1 Å². The summed E-state index contributed by atoms with van der Waals surface area (Å²) in [5.41, 5.74) is 0.239. The van der Waals surface area contributed by atoms with Crippen molar-refractivity contribution in [1.82, 2.24) is 10.2 Å². The van der Waals surface area contributed by atoms with Crippen LogP contribution >= 0.6 is 11.6 Å². The number of rotatable bonds is 4. The molecular weight excluding hydrogens is 301 g/mol. The summed E-state index contributed by atoms with van der Waals surface area (Å²) >= 11 is 5.76. The second-order valence-corrected chi connectivity index (χ2v) is 6.07. The van der Waals surface area contributed by atoms with E-state index in [-0.39, 0.29) is 5.56 Å². The summed E-state index contributed by atoms with van der Waals surface area (Å²) in [5.74, 6) is 0.313. The summed E-state index contributed by atoms with van der Waals surface area (Å²) in [5, 5.41) is 3.68. The summed E-state index contributed by atoms with van der Waals surface area (Å²) in [4.78, 5) is 1.42. The number of halogens is 4. The molecule has 21 heavy (non-hydrogen) atoms. The van der Waals surface area contributed by atoms with E-state index < -0.39 is 12.2 Å². The zero-order valence-corrected chi connectivity index (χ0v) is 12.7. The van der Waals surface area contributed by atoms with Gasteiger partial charge in [-0.25, -0.2) is 0 Å². The number of nitrogens with zero attached hydrogens (tertiary/aromatic N) is 1. The van der Waals surface area contributed by atoms with E-state index in [1.54, 1.807) is 7.05 Å². The maximum Gasteiger partial charge on any atom is 0.408 e. The van der Waals surface area contributed by atoms with Crippen LogP contribution in [0.3, 0.4) is 0 Å². The Bertz CT molecular complexity index is 441. The zero-order valence-electron chi connectivity index (χ0n) is 12.0. The number of benzene rings is 1. The molecule has 0 bridgehead atoms. The topological polar surface area (TPSA) is 15.3 Å². The van der Waals surface area contributed by atoms with Crippen molar-refractivity contribution in [1.29, 1.82) is 0 Å². The molecule has 0 aliphatic carbocycles. The smallest absolute Gasteiger partial charge is 0.317 e. The van der Waals surface area contributed by atoms with E-state index in [2.05, 4.69) is 5.32 Å². The van der Waals surface area contributed by atoms with Crippen LogP contribution in [0.15, 0.2) is 24.3 Å². The molecule has 118 valence electrons. The molecule has 0 aromatic heterocycles. The third kappa shape index (κ3) is 4.59. The lowest BCUT2D eigenvalue weighted by atomic mass is 9.96. The molecule has 1 aromatic carbocycles. The van der Waals surface area contributed by atoms with Crippen molar-refractivity contribution in [3.8, 4) is 0 Å². The minimum absolute atomic E-state index is 0.239. The highest BCUT2D eigenvalue weighted by molar-refractivity contribution is 6.30. The Morgan fingerprint density at radius 1 is 1.24 bits per heavy atom. The fourth-order valence-electron chi connectivity index (χ4n) is 2.92. The van der Waals surface area contributed by atoms with Crippen molar-refractivity contribution in [2.75, 3.05) is 26.7 Å². The van der Waals surface area contributed by atoms with Gasteiger partial charge >= 0.3 is 6.18 Å². The van der Waals surface area contributed by atoms with E-state index in [1.807, 2.05) is 0 Å². The van der Waals surface area contributed by atoms with E-state index >= 15 is 0 Å². The minimum atomic E-state index is -4.30. The number of alkyl halides is 3. The molecule has 0 radical (unpaired) electrons. The van der Waals surface area contributed by atoms with Gasteiger partial charge in [0.15, 0.2) is 0 Å². The third-order valence-electron chi connectivity index (χ3n) is 3.94. The Hall–Kier alpha value is -0.780. The maximum atomic E-state index is 13.4. The average molecular weight is 321 g/mol. The molecule has 1 aliphatic heterocycles. The largest absolute Gasteiger partial charge is 0.408 e. The molecule has 1 saturated heterocycles. The van der Waals surface area contributed by atoms with Crippen LogP contribution in [-0.4, -0.2) is 37.8 Å². The van der Waals surface area contributed by atoms with Crippen molar-refractivity contribution in [2.24, 2.45) is 5.92 Å². The van der Waals surface area contributed by atoms with Gasteiger partial charge < -0.3 is 5.32 Å². The molecule has 1 fully saturated rings. The van der Waals surface area contributed by atoms with E-state index in [0.717, 1.165) is 25.9 Å². The normalized spacial score (nSPS) is 19.0. The second kappa shape index (κ2) is 6.99. The minimum Gasteiger partial charge on any atom is -0.317 e. The van der Waals surface area contributed by atoms with Crippen LogP contribution in [0.1, 0.15) is 24.4 Å².